The van der Waals surface area contributed by atoms with Crippen molar-refractivity contribution >= 4 is 23.6 Å². The second kappa shape index (κ2) is 15.7. The molecule has 1 aromatic carbocycles. The quantitative estimate of drug-likeness (QED) is 0.263. The van der Waals surface area contributed by atoms with Gasteiger partial charge in [0, 0.05) is 85.6 Å². The molecule has 0 spiro atoms. The summed E-state index contributed by atoms with van der Waals surface area (Å²) in [6.07, 6.45) is 3.46. The number of hydrogen-bond donors (Lipinski definition) is 1. The van der Waals surface area contributed by atoms with Crippen LogP contribution in [0.15, 0.2) is 45.9 Å². The van der Waals surface area contributed by atoms with E-state index in [4.69, 9.17) is 9.52 Å². The van der Waals surface area contributed by atoms with E-state index in [2.05, 4.69) is 9.80 Å². The Morgan fingerprint density at radius 3 is 2.49 bits per heavy atom. The third kappa shape index (κ3) is 8.34. The second-order valence-electron chi connectivity index (χ2n) is 14.2. The molecule has 6 heterocycles. The lowest BCUT2D eigenvalue weighted by molar-refractivity contribution is -0.139. The Labute approximate surface area is 300 Å². The number of carbonyl (C=O) groups excluding carboxylic acids is 2. The number of carbonyl (C=O) groups is 2. The number of likely N-dealkylation sites (tertiary alicyclic amines) is 3. The maximum Gasteiger partial charge on any atom is 0.417 e. The zero-order valence-electron chi connectivity index (χ0n) is 29.0. The minimum Gasteiger partial charge on any atom is -0.459 e. The number of nitrogens with zero attached hydrogens (tertiary/aromatic N) is 6. The molecule has 3 fully saturated rings. The van der Waals surface area contributed by atoms with Gasteiger partial charge in [0.1, 0.15) is 0 Å². The van der Waals surface area contributed by atoms with E-state index in [9.17, 15) is 27.9 Å². The number of halogens is 3. The molecule has 276 valence electrons. The van der Waals surface area contributed by atoms with Crippen LogP contribution in [0.3, 0.4) is 0 Å². The number of aliphatic hydroxyl groups excluding tert-OH is 1. The first-order valence-corrected chi connectivity index (χ1v) is 19.3. The van der Waals surface area contributed by atoms with Gasteiger partial charge >= 0.3 is 6.18 Å². The third-order valence-electron chi connectivity index (χ3n) is 10.8. The first kappa shape index (κ1) is 36.0. The van der Waals surface area contributed by atoms with Crippen LogP contribution in [0.2, 0.25) is 0 Å². The van der Waals surface area contributed by atoms with E-state index in [0.717, 1.165) is 88.7 Å². The number of fused-ring (bicyclic) bond motifs is 1. The van der Waals surface area contributed by atoms with Crippen LogP contribution in [0.4, 0.5) is 13.2 Å². The number of alkyl halides is 3. The topological polar surface area (TPSA) is 98.3 Å². The maximum atomic E-state index is 14.2. The highest BCUT2D eigenvalue weighted by Gasteiger charge is 2.36. The van der Waals surface area contributed by atoms with Crippen molar-refractivity contribution in [2.24, 2.45) is 0 Å². The van der Waals surface area contributed by atoms with Gasteiger partial charge in [0.25, 0.3) is 5.91 Å². The van der Waals surface area contributed by atoms with Crippen LogP contribution in [0, 0.1) is 0 Å². The van der Waals surface area contributed by atoms with Crippen molar-refractivity contribution in [2.75, 3.05) is 58.1 Å². The van der Waals surface area contributed by atoms with Gasteiger partial charge in [-0.25, -0.2) is 0 Å². The summed E-state index contributed by atoms with van der Waals surface area (Å²) < 4.78 is 49.8. The normalized spacial score (nSPS) is 20.3. The van der Waals surface area contributed by atoms with Crippen LogP contribution in [0.25, 0.3) is 11.3 Å². The molecule has 1 N–H and O–H groups in total. The molecule has 14 heteroatoms. The number of aromatic nitrogens is 2. The minimum atomic E-state index is -4.50. The molecule has 4 aliphatic rings. The van der Waals surface area contributed by atoms with Gasteiger partial charge in [-0.1, -0.05) is 12.5 Å². The Morgan fingerprint density at radius 1 is 0.980 bits per heavy atom. The molecular formula is C37H47F3N6O4S. The Morgan fingerprint density at radius 2 is 1.78 bits per heavy atom. The predicted octanol–water partition coefficient (Wildman–Crippen LogP) is 5.39. The van der Waals surface area contributed by atoms with E-state index in [1.54, 1.807) is 27.8 Å². The molecule has 4 aliphatic heterocycles. The lowest BCUT2D eigenvalue weighted by Crippen LogP contribution is -2.47. The number of hydrogen-bond acceptors (Lipinski definition) is 8. The fourth-order valence-electron chi connectivity index (χ4n) is 8.12. The summed E-state index contributed by atoms with van der Waals surface area (Å²) in [4.78, 5) is 34.0. The smallest absolute Gasteiger partial charge is 0.417 e. The van der Waals surface area contributed by atoms with Gasteiger partial charge in [0.2, 0.25) is 5.91 Å². The molecule has 51 heavy (non-hydrogen) atoms. The standard InChI is InChI=1S/C37H47F3N6O4S/c38-37(39,40)30-9-8-26(22-33(30)51-21-19-42-13-2-1-3-14-42)35-29-25-44(36(49)32-6-5-20-50-32)18-12-31(29)46(41-35)24-28(47)23-43-16-10-27(11-17-43)45-15-4-7-34(45)48/h5-6,8-9,20,22,27-28,47H,1-4,7,10-19,21,23-25H2. The number of aliphatic hydroxyl groups is 1. The molecular weight excluding hydrogens is 682 g/mol. The first-order valence-electron chi connectivity index (χ1n) is 18.3. The van der Waals surface area contributed by atoms with Gasteiger partial charge in [0.05, 0.1) is 36.7 Å². The van der Waals surface area contributed by atoms with E-state index in [0.29, 0.717) is 42.9 Å². The fraction of sp³-hybridized carbons (Fsp3) is 0.595. The Bertz CT molecular complexity index is 1670. The Balaban J connectivity index is 1.11. The van der Waals surface area contributed by atoms with Crippen molar-refractivity contribution in [2.45, 2.75) is 87.7 Å². The molecule has 0 radical (unpaired) electrons. The van der Waals surface area contributed by atoms with Crippen molar-refractivity contribution in [3.63, 3.8) is 0 Å². The summed E-state index contributed by atoms with van der Waals surface area (Å²) in [7, 11) is 0. The van der Waals surface area contributed by atoms with Crippen LogP contribution in [0.5, 0.6) is 0 Å². The Kier molecular flexibility index (Phi) is 11.1. The predicted molar refractivity (Wildman–Crippen MR) is 187 cm³/mol. The van der Waals surface area contributed by atoms with E-state index in [1.807, 2.05) is 4.90 Å². The molecule has 0 bridgehead atoms. The molecule has 3 aromatic rings. The summed E-state index contributed by atoms with van der Waals surface area (Å²) in [6.45, 7) is 6.42. The van der Waals surface area contributed by atoms with Crippen LogP contribution in [0.1, 0.15) is 72.3 Å². The lowest BCUT2D eigenvalue weighted by Gasteiger charge is -2.37. The van der Waals surface area contributed by atoms with Gasteiger partial charge in [-0.2, -0.15) is 18.3 Å². The molecule has 3 saturated heterocycles. The zero-order valence-corrected chi connectivity index (χ0v) is 29.8. The van der Waals surface area contributed by atoms with Crippen molar-refractivity contribution < 1.29 is 32.3 Å². The molecule has 0 aliphatic carbocycles. The number of benzene rings is 1. The number of piperidine rings is 2. The average molecular weight is 729 g/mol. The third-order valence-corrected chi connectivity index (χ3v) is 11.8. The van der Waals surface area contributed by atoms with Crippen molar-refractivity contribution in [3.8, 4) is 11.3 Å². The summed E-state index contributed by atoms with van der Waals surface area (Å²) >= 11 is 1.22. The maximum absolute atomic E-state index is 14.2. The number of amides is 2. The number of thioether (sulfide) groups is 1. The van der Waals surface area contributed by atoms with Crippen molar-refractivity contribution in [1.82, 2.24) is 29.4 Å². The molecule has 2 aromatic heterocycles. The molecule has 1 atom stereocenters. The molecule has 1 unspecified atom stereocenters. The first-order chi connectivity index (χ1) is 24.6. The van der Waals surface area contributed by atoms with Gasteiger partial charge in [-0.05, 0) is 69.5 Å². The lowest BCUT2D eigenvalue weighted by atomic mass is 9.99. The SMILES string of the molecule is O=C(c1ccco1)N1CCc2c(c(-c3ccc(C(F)(F)F)c(SCCN4CCCCC4)c3)nn2CC(O)CN2CCC(N3CCCC3=O)CC2)C1. The van der Waals surface area contributed by atoms with E-state index in [-0.39, 0.29) is 41.6 Å². The van der Waals surface area contributed by atoms with Gasteiger partial charge in [-0.15, -0.1) is 11.8 Å². The molecule has 10 nitrogen and oxygen atoms in total. The van der Waals surface area contributed by atoms with Crippen LogP contribution >= 0.6 is 11.8 Å². The number of furan rings is 1. The van der Waals surface area contributed by atoms with E-state index in [1.165, 1.54) is 30.5 Å². The number of rotatable bonds is 11. The average Bonchev–Trinajstić information content (AvgIpc) is 3.89. The summed E-state index contributed by atoms with van der Waals surface area (Å²) in [5.41, 5.74) is 2.06. The van der Waals surface area contributed by atoms with Crippen LogP contribution in [-0.2, 0) is 30.5 Å². The minimum absolute atomic E-state index is 0.165. The molecule has 2 amide bonds. The summed E-state index contributed by atoms with van der Waals surface area (Å²) in [5, 5.41) is 16.3. The van der Waals surface area contributed by atoms with Gasteiger partial charge in [-0.3, -0.25) is 14.3 Å². The van der Waals surface area contributed by atoms with Crippen molar-refractivity contribution in [3.05, 3.63) is 59.2 Å². The van der Waals surface area contributed by atoms with Gasteiger partial charge in [0.15, 0.2) is 5.76 Å². The van der Waals surface area contributed by atoms with Crippen molar-refractivity contribution in [1.29, 1.82) is 0 Å². The fourth-order valence-corrected chi connectivity index (χ4v) is 9.24. The zero-order chi connectivity index (χ0) is 35.5. The van der Waals surface area contributed by atoms with E-state index >= 15 is 0 Å². The van der Waals surface area contributed by atoms with Crippen LogP contribution in [-0.4, -0.2) is 117 Å². The number of β-amino-alcohol motifs (C(OH)–C–C–N with tert-alkyl or cyclic N) is 1. The molecule has 7 rings (SSSR count). The Hall–Kier alpha value is -3.33. The second-order valence-corrected chi connectivity index (χ2v) is 15.4. The highest BCUT2D eigenvalue weighted by atomic mass is 32.2. The monoisotopic (exact) mass is 728 g/mol. The summed E-state index contributed by atoms with van der Waals surface area (Å²) in [6, 6.07) is 7.76. The molecule has 0 saturated carbocycles. The largest absolute Gasteiger partial charge is 0.459 e. The van der Waals surface area contributed by atoms with Crippen LogP contribution < -0.4 is 0 Å². The highest BCUT2D eigenvalue weighted by Crippen LogP contribution is 2.40. The van der Waals surface area contributed by atoms with E-state index < -0.39 is 17.8 Å². The van der Waals surface area contributed by atoms with Gasteiger partial charge < -0.3 is 29.1 Å². The summed E-state index contributed by atoms with van der Waals surface area (Å²) in [5.74, 6) is 0.753. The highest BCUT2D eigenvalue weighted by molar-refractivity contribution is 7.99.